The van der Waals surface area contributed by atoms with Gasteiger partial charge in [-0.1, -0.05) is 0 Å². The predicted octanol–water partition coefficient (Wildman–Crippen LogP) is 0.627. The molecule has 0 bridgehead atoms. The molecule has 2 rings (SSSR count). The lowest BCUT2D eigenvalue weighted by molar-refractivity contribution is 0.472. The molecule has 0 aromatic carbocycles. The van der Waals surface area contributed by atoms with Gasteiger partial charge in [0.1, 0.15) is 0 Å². The Kier molecular flexibility index (Phi) is 2.72. The molecule has 0 saturated carbocycles. The van der Waals surface area contributed by atoms with Gasteiger partial charge in [-0.05, 0) is 32.7 Å². The molecular formula is C10H17N3O. The van der Waals surface area contributed by atoms with Crippen molar-refractivity contribution in [1.82, 2.24) is 15.1 Å². The Morgan fingerprint density at radius 1 is 1.64 bits per heavy atom. The standard InChI is InChI=1S/C10H17N3O/c1-8-7-10(14)13(12-8)6-4-9-3-2-5-11-9/h7,9,11-12H,2-6H2,1H3. The van der Waals surface area contributed by atoms with E-state index in [0.717, 1.165) is 25.2 Å². The highest BCUT2D eigenvalue weighted by Crippen LogP contribution is 2.08. The van der Waals surface area contributed by atoms with E-state index in [4.69, 9.17) is 0 Å². The molecule has 0 amide bonds. The van der Waals surface area contributed by atoms with Gasteiger partial charge < -0.3 is 10.4 Å². The Bertz CT molecular complexity index is 346. The maximum absolute atomic E-state index is 11.4. The lowest BCUT2D eigenvalue weighted by Crippen LogP contribution is -2.25. The van der Waals surface area contributed by atoms with Crippen molar-refractivity contribution in [3.63, 3.8) is 0 Å². The van der Waals surface area contributed by atoms with Crippen LogP contribution < -0.4 is 10.9 Å². The van der Waals surface area contributed by atoms with Crippen LogP contribution in [-0.2, 0) is 6.54 Å². The number of nitrogens with one attached hydrogen (secondary N) is 2. The Morgan fingerprint density at radius 2 is 2.50 bits per heavy atom. The third-order valence-electron chi connectivity index (χ3n) is 2.78. The van der Waals surface area contributed by atoms with Crippen molar-refractivity contribution in [2.24, 2.45) is 0 Å². The van der Waals surface area contributed by atoms with Crippen molar-refractivity contribution in [1.29, 1.82) is 0 Å². The zero-order valence-corrected chi connectivity index (χ0v) is 8.55. The van der Waals surface area contributed by atoms with Gasteiger partial charge in [-0.25, -0.2) is 0 Å². The van der Waals surface area contributed by atoms with Gasteiger partial charge in [0.25, 0.3) is 5.56 Å². The summed E-state index contributed by atoms with van der Waals surface area (Å²) in [5.74, 6) is 0. The third-order valence-corrected chi connectivity index (χ3v) is 2.78. The number of hydrogen-bond acceptors (Lipinski definition) is 2. The van der Waals surface area contributed by atoms with Crippen molar-refractivity contribution in [3.8, 4) is 0 Å². The van der Waals surface area contributed by atoms with E-state index in [-0.39, 0.29) is 5.56 Å². The minimum absolute atomic E-state index is 0.0838. The lowest BCUT2D eigenvalue weighted by atomic mass is 10.2. The quantitative estimate of drug-likeness (QED) is 0.743. The first-order valence-electron chi connectivity index (χ1n) is 5.25. The number of H-pyrrole nitrogens is 1. The fourth-order valence-corrected chi connectivity index (χ4v) is 2.02. The Balaban J connectivity index is 1.91. The van der Waals surface area contributed by atoms with Crippen LogP contribution in [0.25, 0.3) is 0 Å². The molecule has 1 atom stereocenters. The van der Waals surface area contributed by atoms with Crippen LogP contribution in [0.4, 0.5) is 0 Å². The van der Waals surface area contributed by atoms with Crippen LogP contribution in [0.15, 0.2) is 10.9 Å². The number of aryl methyl sites for hydroxylation is 2. The first-order chi connectivity index (χ1) is 6.75. The molecule has 2 N–H and O–H groups in total. The zero-order chi connectivity index (χ0) is 9.97. The van der Waals surface area contributed by atoms with Crippen molar-refractivity contribution in [2.45, 2.75) is 38.8 Å². The summed E-state index contributed by atoms with van der Waals surface area (Å²) in [5.41, 5.74) is 1.02. The van der Waals surface area contributed by atoms with E-state index in [9.17, 15) is 4.79 Å². The summed E-state index contributed by atoms with van der Waals surface area (Å²) in [6, 6.07) is 2.24. The van der Waals surface area contributed by atoms with E-state index in [1.807, 2.05) is 6.92 Å². The average Bonchev–Trinajstić information content (AvgIpc) is 2.72. The van der Waals surface area contributed by atoms with E-state index in [2.05, 4.69) is 10.4 Å². The molecule has 1 unspecified atom stereocenters. The minimum Gasteiger partial charge on any atom is -0.314 e. The fourth-order valence-electron chi connectivity index (χ4n) is 2.02. The van der Waals surface area contributed by atoms with Crippen molar-refractivity contribution in [2.75, 3.05) is 6.54 Å². The van der Waals surface area contributed by atoms with Crippen molar-refractivity contribution < 1.29 is 0 Å². The lowest BCUT2D eigenvalue weighted by Gasteiger charge is -2.09. The Labute approximate surface area is 83.3 Å². The third kappa shape index (κ3) is 2.07. The fraction of sp³-hybridized carbons (Fsp3) is 0.700. The largest absolute Gasteiger partial charge is 0.314 e. The topological polar surface area (TPSA) is 49.8 Å². The zero-order valence-electron chi connectivity index (χ0n) is 8.55. The van der Waals surface area contributed by atoms with Crippen LogP contribution >= 0.6 is 0 Å². The number of aromatic nitrogens is 2. The molecule has 0 radical (unpaired) electrons. The molecule has 0 spiro atoms. The predicted molar refractivity (Wildman–Crippen MR) is 55.4 cm³/mol. The van der Waals surface area contributed by atoms with E-state index in [1.165, 1.54) is 12.8 Å². The highest BCUT2D eigenvalue weighted by atomic mass is 16.1. The normalized spacial score (nSPS) is 21.6. The van der Waals surface area contributed by atoms with E-state index >= 15 is 0 Å². The van der Waals surface area contributed by atoms with Crippen molar-refractivity contribution in [3.05, 3.63) is 22.1 Å². The monoisotopic (exact) mass is 195 g/mol. The van der Waals surface area contributed by atoms with Crippen LogP contribution in [0, 0.1) is 6.92 Å². The van der Waals surface area contributed by atoms with Crippen LogP contribution in [0.1, 0.15) is 25.0 Å². The van der Waals surface area contributed by atoms with Gasteiger partial charge in [0.15, 0.2) is 0 Å². The molecule has 78 valence electrons. The SMILES string of the molecule is Cc1cc(=O)n(CCC2CCCN2)[nH]1. The summed E-state index contributed by atoms with van der Waals surface area (Å²) in [4.78, 5) is 11.4. The number of hydrogen-bond donors (Lipinski definition) is 2. The highest BCUT2D eigenvalue weighted by Gasteiger charge is 2.13. The molecule has 1 aromatic heterocycles. The van der Waals surface area contributed by atoms with Crippen molar-refractivity contribution >= 4 is 0 Å². The van der Waals surface area contributed by atoms with Gasteiger partial charge in [-0.3, -0.25) is 9.48 Å². The van der Waals surface area contributed by atoms with Gasteiger partial charge in [-0.15, -0.1) is 0 Å². The molecule has 4 heteroatoms. The molecule has 1 aliphatic rings. The first-order valence-corrected chi connectivity index (χ1v) is 5.25. The van der Waals surface area contributed by atoms with Crippen LogP contribution in [0.5, 0.6) is 0 Å². The van der Waals surface area contributed by atoms with Crippen LogP contribution in [-0.4, -0.2) is 22.4 Å². The van der Waals surface area contributed by atoms with Gasteiger partial charge in [0.05, 0.1) is 0 Å². The Morgan fingerprint density at radius 3 is 3.07 bits per heavy atom. The van der Waals surface area contributed by atoms with E-state index in [1.54, 1.807) is 10.7 Å². The molecule has 2 heterocycles. The molecule has 0 aliphatic carbocycles. The summed E-state index contributed by atoms with van der Waals surface area (Å²) in [6.07, 6.45) is 3.55. The smallest absolute Gasteiger partial charge is 0.266 e. The molecule has 1 saturated heterocycles. The summed E-state index contributed by atoms with van der Waals surface area (Å²) < 4.78 is 1.69. The second-order valence-corrected chi connectivity index (χ2v) is 4.01. The molecule has 1 aliphatic heterocycles. The number of nitrogens with zero attached hydrogens (tertiary/aromatic N) is 1. The molecule has 1 aromatic rings. The number of rotatable bonds is 3. The molecule has 14 heavy (non-hydrogen) atoms. The average molecular weight is 195 g/mol. The van der Waals surface area contributed by atoms with Crippen LogP contribution in [0.3, 0.4) is 0 Å². The summed E-state index contributed by atoms with van der Waals surface area (Å²) in [5, 5.41) is 6.47. The molecule has 4 nitrogen and oxygen atoms in total. The second kappa shape index (κ2) is 4.00. The van der Waals surface area contributed by atoms with Crippen LogP contribution in [0.2, 0.25) is 0 Å². The van der Waals surface area contributed by atoms with E-state index in [0.29, 0.717) is 6.04 Å². The Hall–Kier alpha value is -1.03. The summed E-state index contributed by atoms with van der Waals surface area (Å²) >= 11 is 0. The van der Waals surface area contributed by atoms with Gasteiger partial charge >= 0.3 is 0 Å². The maximum Gasteiger partial charge on any atom is 0.266 e. The molecular weight excluding hydrogens is 178 g/mol. The molecule has 1 fully saturated rings. The summed E-state index contributed by atoms with van der Waals surface area (Å²) in [6.45, 7) is 3.83. The first kappa shape index (κ1) is 9.52. The van der Waals surface area contributed by atoms with E-state index < -0.39 is 0 Å². The van der Waals surface area contributed by atoms with Gasteiger partial charge in [-0.2, -0.15) is 0 Å². The summed E-state index contributed by atoms with van der Waals surface area (Å²) in [7, 11) is 0. The number of aromatic amines is 1. The van der Waals surface area contributed by atoms with Gasteiger partial charge in [0.2, 0.25) is 0 Å². The highest BCUT2D eigenvalue weighted by molar-refractivity contribution is 4.95. The maximum atomic E-state index is 11.4. The minimum atomic E-state index is 0.0838. The second-order valence-electron chi connectivity index (χ2n) is 4.01. The van der Waals surface area contributed by atoms with Gasteiger partial charge in [0, 0.05) is 24.3 Å².